The number of hydrogen-bond acceptors (Lipinski definition) is 5. The van der Waals surface area contributed by atoms with E-state index >= 15 is 0 Å². The molecule has 1 saturated heterocycles. The maximum absolute atomic E-state index is 12.0. The highest BCUT2D eigenvalue weighted by atomic mass is 16.5. The zero-order valence-corrected chi connectivity index (χ0v) is 15.7. The Morgan fingerprint density at radius 2 is 2.18 bits per heavy atom. The fourth-order valence-corrected chi connectivity index (χ4v) is 3.01. The summed E-state index contributed by atoms with van der Waals surface area (Å²) >= 11 is 0. The number of primary amides is 1. The molecule has 1 aromatic carbocycles. The number of ether oxygens (including phenoxy) is 1. The lowest BCUT2D eigenvalue weighted by molar-refractivity contribution is -0.137. The van der Waals surface area contributed by atoms with Crippen molar-refractivity contribution in [3.8, 4) is 23.1 Å². The quantitative estimate of drug-likeness (QED) is 0.769. The number of amides is 2. The SMILES string of the molecule is COCc1cc(C(N)=O)nc(-c2cccc(C#C[C@]3(O)CCN(C)C3=O)c2)c1. The fraction of sp³-hybridized carbons (Fsp3) is 0.286. The number of benzene rings is 1. The van der Waals surface area contributed by atoms with Gasteiger partial charge in [-0.25, -0.2) is 4.98 Å². The van der Waals surface area contributed by atoms with E-state index in [0.29, 0.717) is 24.4 Å². The molecule has 1 aromatic heterocycles. The summed E-state index contributed by atoms with van der Waals surface area (Å²) in [4.78, 5) is 29.4. The molecule has 1 fully saturated rings. The zero-order chi connectivity index (χ0) is 20.3. The number of likely N-dealkylation sites (N-methyl/N-ethyl adjacent to an activating group) is 1. The van der Waals surface area contributed by atoms with E-state index in [4.69, 9.17) is 10.5 Å². The fourth-order valence-electron chi connectivity index (χ4n) is 3.01. The normalized spacial score (nSPS) is 18.7. The highest BCUT2D eigenvalue weighted by molar-refractivity contribution is 5.92. The first-order valence-electron chi connectivity index (χ1n) is 8.73. The molecule has 7 nitrogen and oxygen atoms in total. The van der Waals surface area contributed by atoms with Gasteiger partial charge in [-0.2, -0.15) is 0 Å². The highest BCUT2D eigenvalue weighted by Gasteiger charge is 2.42. The van der Waals surface area contributed by atoms with Crippen LogP contribution in [0.4, 0.5) is 0 Å². The van der Waals surface area contributed by atoms with Crippen molar-refractivity contribution >= 4 is 11.8 Å². The van der Waals surface area contributed by atoms with Crippen molar-refractivity contribution in [2.24, 2.45) is 5.73 Å². The minimum absolute atomic E-state index is 0.148. The highest BCUT2D eigenvalue weighted by Crippen LogP contribution is 2.23. The number of likely N-dealkylation sites (tertiary alicyclic amines) is 1. The Morgan fingerprint density at radius 1 is 1.39 bits per heavy atom. The van der Waals surface area contributed by atoms with E-state index in [1.54, 1.807) is 38.4 Å². The molecule has 2 aromatic rings. The smallest absolute Gasteiger partial charge is 0.267 e. The first kappa shape index (κ1) is 19.5. The largest absolute Gasteiger partial charge is 0.380 e. The van der Waals surface area contributed by atoms with Crippen molar-refractivity contribution in [2.75, 3.05) is 20.7 Å². The van der Waals surface area contributed by atoms with Crippen LogP contribution in [0, 0.1) is 11.8 Å². The molecule has 2 amide bonds. The number of hydrogen-bond donors (Lipinski definition) is 2. The molecule has 0 spiro atoms. The van der Waals surface area contributed by atoms with Crippen LogP contribution < -0.4 is 5.73 Å². The van der Waals surface area contributed by atoms with Crippen molar-refractivity contribution in [1.82, 2.24) is 9.88 Å². The first-order valence-corrected chi connectivity index (χ1v) is 8.73. The summed E-state index contributed by atoms with van der Waals surface area (Å²) in [6.45, 7) is 0.786. The van der Waals surface area contributed by atoms with Gasteiger partial charge in [-0.1, -0.05) is 24.0 Å². The molecule has 28 heavy (non-hydrogen) atoms. The molecule has 1 aliphatic heterocycles. The lowest BCUT2D eigenvalue weighted by Gasteiger charge is -2.13. The van der Waals surface area contributed by atoms with E-state index in [1.165, 1.54) is 4.90 Å². The van der Waals surface area contributed by atoms with Gasteiger partial charge in [-0.3, -0.25) is 9.59 Å². The molecule has 1 aliphatic rings. The molecule has 7 heteroatoms. The molecule has 1 atom stereocenters. The predicted octanol–water partition coefficient (Wildman–Crippen LogP) is 0.939. The minimum Gasteiger partial charge on any atom is -0.380 e. The monoisotopic (exact) mass is 379 g/mol. The Bertz CT molecular complexity index is 993. The summed E-state index contributed by atoms with van der Waals surface area (Å²) in [5.74, 6) is 4.55. The van der Waals surface area contributed by atoms with Crippen LogP contribution in [0.5, 0.6) is 0 Å². The van der Waals surface area contributed by atoms with Gasteiger partial charge in [0, 0.05) is 38.2 Å². The van der Waals surface area contributed by atoms with Crippen molar-refractivity contribution in [3.63, 3.8) is 0 Å². The van der Waals surface area contributed by atoms with Gasteiger partial charge in [-0.15, -0.1) is 0 Å². The Balaban J connectivity index is 1.96. The molecule has 144 valence electrons. The molecule has 3 N–H and O–H groups in total. The summed E-state index contributed by atoms with van der Waals surface area (Å²) in [5.41, 5.74) is 6.56. The van der Waals surface area contributed by atoms with E-state index in [0.717, 1.165) is 11.1 Å². The van der Waals surface area contributed by atoms with Crippen LogP contribution in [0.3, 0.4) is 0 Å². The second-order valence-corrected chi connectivity index (χ2v) is 6.71. The average Bonchev–Trinajstić information content (AvgIpc) is 2.95. The number of aromatic nitrogens is 1. The van der Waals surface area contributed by atoms with E-state index in [2.05, 4.69) is 16.8 Å². The van der Waals surface area contributed by atoms with Gasteiger partial charge in [0.15, 0.2) is 0 Å². The number of pyridine rings is 1. The lowest BCUT2D eigenvalue weighted by Crippen LogP contribution is -2.37. The summed E-state index contributed by atoms with van der Waals surface area (Å²) < 4.78 is 5.14. The summed E-state index contributed by atoms with van der Waals surface area (Å²) in [5, 5.41) is 10.4. The van der Waals surface area contributed by atoms with Gasteiger partial charge < -0.3 is 20.5 Å². The average molecular weight is 379 g/mol. The molecule has 0 radical (unpaired) electrons. The van der Waals surface area contributed by atoms with E-state index in [-0.39, 0.29) is 12.1 Å². The second-order valence-electron chi connectivity index (χ2n) is 6.71. The van der Waals surface area contributed by atoms with Gasteiger partial charge >= 0.3 is 0 Å². The summed E-state index contributed by atoms with van der Waals surface area (Å²) in [6.07, 6.45) is 0.275. The lowest BCUT2D eigenvalue weighted by atomic mass is 10.0. The van der Waals surface area contributed by atoms with Crippen molar-refractivity contribution < 1.29 is 19.4 Å². The number of carbonyl (C=O) groups is 2. The number of aliphatic hydroxyl groups is 1. The van der Waals surface area contributed by atoms with Gasteiger partial charge in [0.05, 0.1) is 12.3 Å². The van der Waals surface area contributed by atoms with Crippen molar-refractivity contribution in [2.45, 2.75) is 18.6 Å². The predicted molar refractivity (Wildman–Crippen MR) is 103 cm³/mol. The third kappa shape index (κ3) is 4.03. The maximum Gasteiger partial charge on any atom is 0.267 e. The molecule has 0 saturated carbocycles. The van der Waals surface area contributed by atoms with E-state index in [1.807, 2.05) is 12.1 Å². The molecule has 0 bridgehead atoms. The van der Waals surface area contributed by atoms with Crippen LogP contribution in [0.15, 0.2) is 36.4 Å². The third-order valence-corrected chi connectivity index (χ3v) is 4.53. The van der Waals surface area contributed by atoms with Crippen molar-refractivity contribution in [3.05, 3.63) is 53.2 Å². The second kappa shape index (κ2) is 7.80. The molecule has 0 unspecified atom stereocenters. The minimum atomic E-state index is -1.65. The van der Waals surface area contributed by atoms with Crippen LogP contribution in [0.2, 0.25) is 0 Å². The van der Waals surface area contributed by atoms with Crippen LogP contribution in [-0.4, -0.2) is 53.1 Å². The van der Waals surface area contributed by atoms with Gasteiger partial charge in [0.1, 0.15) is 5.69 Å². The summed E-state index contributed by atoms with van der Waals surface area (Å²) in [6, 6.07) is 10.6. The molecular formula is C21H21N3O4. The Kier molecular flexibility index (Phi) is 5.45. The van der Waals surface area contributed by atoms with E-state index in [9.17, 15) is 14.7 Å². The molecular weight excluding hydrogens is 358 g/mol. The zero-order valence-electron chi connectivity index (χ0n) is 15.7. The Hall–Kier alpha value is -3.21. The number of carbonyl (C=O) groups excluding carboxylic acids is 2. The van der Waals surface area contributed by atoms with Crippen LogP contribution in [-0.2, 0) is 16.1 Å². The molecule has 2 heterocycles. The number of rotatable bonds is 4. The van der Waals surface area contributed by atoms with E-state index < -0.39 is 17.4 Å². The number of nitrogens with two attached hydrogens (primary N) is 1. The van der Waals surface area contributed by atoms with Crippen LogP contribution in [0.1, 0.15) is 28.0 Å². The maximum atomic E-state index is 12.0. The topological polar surface area (TPSA) is 106 Å². The van der Waals surface area contributed by atoms with Crippen LogP contribution >= 0.6 is 0 Å². The molecule has 0 aliphatic carbocycles. The standard InChI is InChI=1S/C21H21N3O4/c1-24-9-8-21(27,20(24)26)7-6-14-4-3-5-16(10-14)17-11-15(13-28-2)12-18(23-17)19(22)25/h3-5,10-12,27H,8-9,13H2,1-2H3,(H2,22,25)/t21-/m0/s1. The Labute approximate surface area is 163 Å². The van der Waals surface area contributed by atoms with Crippen molar-refractivity contribution in [1.29, 1.82) is 0 Å². The third-order valence-electron chi connectivity index (χ3n) is 4.53. The number of methoxy groups -OCH3 is 1. The van der Waals surface area contributed by atoms with Crippen LogP contribution in [0.25, 0.3) is 11.3 Å². The summed E-state index contributed by atoms with van der Waals surface area (Å²) in [7, 11) is 3.20. The molecule has 3 rings (SSSR count). The van der Waals surface area contributed by atoms with Gasteiger partial charge in [0.25, 0.3) is 11.8 Å². The Morgan fingerprint density at radius 3 is 2.82 bits per heavy atom. The first-order chi connectivity index (χ1) is 13.3. The van der Waals surface area contributed by atoms with Gasteiger partial charge in [0.2, 0.25) is 5.60 Å². The number of nitrogens with zero attached hydrogens (tertiary/aromatic N) is 2. The van der Waals surface area contributed by atoms with Gasteiger partial charge in [-0.05, 0) is 29.8 Å².